The minimum atomic E-state index is -0.420. The Labute approximate surface area is 47.4 Å². The van der Waals surface area contributed by atoms with Crippen LogP contribution >= 0.6 is 11.6 Å². The fraction of sp³-hybridized carbons (Fsp3) is 1.00. The van der Waals surface area contributed by atoms with E-state index in [1.807, 2.05) is 0 Å². The Bertz CT molecular complexity index is 30.9. The molecule has 0 heterocycles. The van der Waals surface area contributed by atoms with Crippen LogP contribution in [0.1, 0.15) is 0 Å². The highest BCUT2D eigenvalue weighted by molar-refractivity contribution is 6.17. The maximum atomic E-state index is 11.1. The number of alkyl halides is 2. The quantitative estimate of drug-likeness (QED) is 0.407. The molecule has 0 amide bonds. The van der Waals surface area contributed by atoms with Gasteiger partial charge in [-0.15, -0.1) is 11.6 Å². The molecule has 0 aromatic carbocycles. The van der Waals surface area contributed by atoms with E-state index in [0.29, 0.717) is 12.5 Å². The fourth-order valence-corrected chi connectivity index (χ4v) is 0.320. The standard InChI is InChI=1S/C4H8ClFO/c5-1-3-7-4-2-6/h1-4H2. The van der Waals surface area contributed by atoms with Gasteiger partial charge in [0.25, 0.3) is 0 Å². The van der Waals surface area contributed by atoms with Crippen molar-refractivity contribution in [3.05, 3.63) is 0 Å². The van der Waals surface area contributed by atoms with Gasteiger partial charge in [-0.2, -0.15) is 0 Å². The van der Waals surface area contributed by atoms with Crippen molar-refractivity contribution in [2.75, 3.05) is 25.8 Å². The highest BCUT2D eigenvalue weighted by Gasteiger charge is 1.81. The van der Waals surface area contributed by atoms with Gasteiger partial charge in [-0.3, -0.25) is 0 Å². The fourth-order valence-electron chi connectivity index (χ4n) is 0.211. The molecule has 0 aliphatic carbocycles. The number of ether oxygens (including phenoxy) is 1. The number of halogens is 2. The van der Waals surface area contributed by atoms with Crippen molar-refractivity contribution in [3.63, 3.8) is 0 Å². The molecule has 0 aromatic rings. The summed E-state index contributed by atoms with van der Waals surface area (Å²) in [4.78, 5) is 0. The summed E-state index contributed by atoms with van der Waals surface area (Å²) in [5.74, 6) is 0.444. The molecule has 0 saturated carbocycles. The summed E-state index contributed by atoms with van der Waals surface area (Å²) >= 11 is 5.19. The summed E-state index contributed by atoms with van der Waals surface area (Å²) < 4.78 is 15.8. The zero-order chi connectivity index (χ0) is 5.54. The van der Waals surface area contributed by atoms with Crippen LogP contribution in [0, 0.1) is 0 Å². The molecular weight excluding hydrogens is 118 g/mol. The molecule has 0 atom stereocenters. The summed E-state index contributed by atoms with van der Waals surface area (Å²) in [5, 5.41) is 0. The van der Waals surface area contributed by atoms with Crippen molar-refractivity contribution in [1.29, 1.82) is 0 Å². The third-order valence-corrected chi connectivity index (χ3v) is 0.597. The van der Waals surface area contributed by atoms with Gasteiger partial charge in [0.2, 0.25) is 0 Å². The van der Waals surface area contributed by atoms with E-state index in [2.05, 4.69) is 4.74 Å². The van der Waals surface area contributed by atoms with Crippen LogP contribution in [0.5, 0.6) is 0 Å². The van der Waals surface area contributed by atoms with Gasteiger partial charge >= 0.3 is 0 Å². The van der Waals surface area contributed by atoms with Gasteiger partial charge in [0.05, 0.1) is 13.2 Å². The summed E-state index contributed by atoms with van der Waals surface area (Å²) in [5.41, 5.74) is 0. The molecule has 0 rings (SSSR count). The van der Waals surface area contributed by atoms with Gasteiger partial charge in [-0.05, 0) is 0 Å². The second-order valence-electron chi connectivity index (χ2n) is 0.990. The Kier molecular flexibility index (Phi) is 6.34. The molecule has 0 spiro atoms. The van der Waals surface area contributed by atoms with Crippen LogP contribution in [0.25, 0.3) is 0 Å². The maximum Gasteiger partial charge on any atom is 0.113 e. The van der Waals surface area contributed by atoms with Crippen LogP contribution in [-0.4, -0.2) is 25.8 Å². The lowest BCUT2D eigenvalue weighted by atomic mass is 10.8. The van der Waals surface area contributed by atoms with Gasteiger partial charge < -0.3 is 4.74 Å². The Morgan fingerprint density at radius 2 is 2.14 bits per heavy atom. The van der Waals surface area contributed by atoms with Crippen LogP contribution < -0.4 is 0 Å². The summed E-state index contributed by atoms with van der Waals surface area (Å²) in [6.07, 6.45) is 0. The van der Waals surface area contributed by atoms with E-state index in [4.69, 9.17) is 11.6 Å². The van der Waals surface area contributed by atoms with Gasteiger partial charge in [-0.1, -0.05) is 0 Å². The van der Waals surface area contributed by atoms with Crippen molar-refractivity contribution in [1.82, 2.24) is 0 Å². The van der Waals surface area contributed by atoms with E-state index in [9.17, 15) is 4.39 Å². The monoisotopic (exact) mass is 126 g/mol. The first-order valence-corrected chi connectivity index (χ1v) is 2.65. The molecule has 3 heteroatoms. The predicted octanol–water partition coefficient (Wildman–Crippen LogP) is 1.21. The van der Waals surface area contributed by atoms with Crippen molar-refractivity contribution < 1.29 is 9.13 Å². The summed E-state index contributed by atoms with van der Waals surface area (Å²) in [7, 11) is 0. The molecule has 0 unspecified atom stereocenters. The minimum absolute atomic E-state index is 0.173. The number of hydrogen-bond donors (Lipinski definition) is 0. The SMILES string of the molecule is FCCOCCCl. The Balaban J connectivity index is 2.45. The first kappa shape index (κ1) is 7.18. The number of hydrogen-bond acceptors (Lipinski definition) is 1. The summed E-state index contributed by atoms with van der Waals surface area (Å²) in [6, 6.07) is 0. The number of rotatable bonds is 4. The highest BCUT2D eigenvalue weighted by Crippen LogP contribution is 1.77. The molecule has 7 heavy (non-hydrogen) atoms. The van der Waals surface area contributed by atoms with Crippen LogP contribution in [0.15, 0.2) is 0 Å². The summed E-state index contributed by atoms with van der Waals surface area (Å²) in [6.45, 7) is 0.203. The lowest BCUT2D eigenvalue weighted by Crippen LogP contribution is -1.98. The van der Waals surface area contributed by atoms with Crippen molar-refractivity contribution in [2.24, 2.45) is 0 Å². The molecule has 0 bridgehead atoms. The van der Waals surface area contributed by atoms with E-state index in [1.54, 1.807) is 0 Å². The second kappa shape index (κ2) is 6.18. The Hall–Kier alpha value is 0.180. The maximum absolute atomic E-state index is 11.1. The first-order chi connectivity index (χ1) is 3.41. The Morgan fingerprint density at radius 1 is 1.43 bits per heavy atom. The normalized spacial score (nSPS) is 9.43. The van der Waals surface area contributed by atoms with E-state index in [1.165, 1.54) is 0 Å². The zero-order valence-corrected chi connectivity index (χ0v) is 4.75. The molecule has 44 valence electrons. The first-order valence-electron chi connectivity index (χ1n) is 2.11. The third kappa shape index (κ3) is 6.18. The molecule has 0 fully saturated rings. The minimum Gasteiger partial charge on any atom is -0.378 e. The van der Waals surface area contributed by atoms with Crippen molar-refractivity contribution in [2.45, 2.75) is 0 Å². The molecular formula is C4H8ClFO. The van der Waals surface area contributed by atoms with Gasteiger partial charge in [-0.25, -0.2) is 4.39 Å². The van der Waals surface area contributed by atoms with Crippen LogP contribution in [-0.2, 0) is 4.74 Å². The van der Waals surface area contributed by atoms with E-state index in [-0.39, 0.29) is 6.61 Å². The third-order valence-electron chi connectivity index (χ3n) is 0.443. The van der Waals surface area contributed by atoms with Gasteiger partial charge in [0, 0.05) is 5.88 Å². The molecule has 0 N–H and O–H groups in total. The zero-order valence-electron chi connectivity index (χ0n) is 3.99. The second-order valence-corrected chi connectivity index (χ2v) is 1.37. The molecule has 0 aromatic heterocycles. The van der Waals surface area contributed by atoms with E-state index < -0.39 is 6.67 Å². The molecule has 0 saturated heterocycles. The van der Waals surface area contributed by atoms with Gasteiger partial charge in [0.15, 0.2) is 0 Å². The molecule has 0 aliphatic rings. The Morgan fingerprint density at radius 3 is 2.57 bits per heavy atom. The van der Waals surface area contributed by atoms with Crippen LogP contribution in [0.2, 0.25) is 0 Å². The van der Waals surface area contributed by atoms with Crippen LogP contribution in [0.3, 0.4) is 0 Å². The predicted molar refractivity (Wildman–Crippen MR) is 27.5 cm³/mol. The smallest absolute Gasteiger partial charge is 0.113 e. The lowest BCUT2D eigenvalue weighted by Gasteiger charge is -1.92. The lowest BCUT2D eigenvalue weighted by molar-refractivity contribution is 0.132. The topological polar surface area (TPSA) is 9.23 Å². The highest BCUT2D eigenvalue weighted by atomic mass is 35.5. The van der Waals surface area contributed by atoms with Gasteiger partial charge in [0.1, 0.15) is 6.67 Å². The average molecular weight is 127 g/mol. The largest absolute Gasteiger partial charge is 0.378 e. The molecule has 0 radical (unpaired) electrons. The molecule has 0 aliphatic heterocycles. The van der Waals surface area contributed by atoms with E-state index >= 15 is 0 Å². The van der Waals surface area contributed by atoms with Crippen molar-refractivity contribution in [3.8, 4) is 0 Å². The average Bonchev–Trinajstić information content (AvgIpc) is 1.69. The van der Waals surface area contributed by atoms with Crippen LogP contribution in [0.4, 0.5) is 4.39 Å². The van der Waals surface area contributed by atoms with Crippen molar-refractivity contribution >= 4 is 11.6 Å². The molecule has 1 nitrogen and oxygen atoms in total. The van der Waals surface area contributed by atoms with E-state index in [0.717, 1.165) is 0 Å².